The van der Waals surface area contributed by atoms with Crippen molar-refractivity contribution in [3.63, 3.8) is 0 Å². The first-order valence-electron chi connectivity index (χ1n) is 10.1. The summed E-state index contributed by atoms with van der Waals surface area (Å²) in [6.45, 7) is 8.79. The zero-order valence-electron chi connectivity index (χ0n) is 18.4. The van der Waals surface area contributed by atoms with Crippen LogP contribution in [0.25, 0.3) is 0 Å². The number of carbonyl (C=O) groups is 3. The summed E-state index contributed by atoms with van der Waals surface area (Å²) in [6, 6.07) is 8.20. The van der Waals surface area contributed by atoms with E-state index in [1.807, 2.05) is 32.0 Å². The summed E-state index contributed by atoms with van der Waals surface area (Å²) < 4.78 is 5.14. The summed E-state index contributed by atoms with van der Waals surface area (Å²) in [5.74, 6) is -0.917. The Morgan fingerprint density at radius 1 is 1.20 bits per heavy atom. The molecule has 30 heavy (non-hydrogen) atoms. The van der Waals surface area contributed by atoms with Crippen molar-refractivity contribution in [1.29, 1.82) is 5.26 Å². The van der Waals surface area contributed by atoms with Crippen LogP contribution in [0.4, 0.5) is 4.79 Å². The number of nitrogens with zero attached hydrogens (tertiary/aromatic N) is 2. The molecule has 1 rings (SSSR count). The van der Waals surface area contributed by atoms with Crippen LogP contribution >= 0.6 is 0 Å². The molecule has 0 aliphatic rings. The van der Waals surface area contributed by atoms with Gasteiger partial charge in [-0.25, -0.2) is 4.79 Å². The van der Waals surface area contributed by atoms with Gasteiger partial charge in [0.1, 0.15) is 24.7 Å². The van der Waals surface area contributed by atoms with Crippen LogP contribution in [0.2, 0.25) is 0 Å². The lowest BCUT2D eigenvalue weighted by Crippen LogP contribution is -2.48. The fourth-order valence-corrected chi connectivity index (χ4v) is 2.79. The number of nitriles is 1. The Morgan fingerprint density at radius 2 is 1.87 bits per heavy atom. The van der Waals surface area contributed by atoms with Crippen LogP contribution in [0.3, 0.4) is 0 Å². The molecule has 1 unspecified atom stereocenters. The van der Waals surface area contributed by atoms with Gasteiger partial charge in [-0.05, 0) is 45.2 Å². The van der Waals surface area contributed by atoms with E-state index in [1.54, 1.807) is 32.9 Å². The second kappa shape index (κ2) is 11.8. The maximum Gasteiger partial charge on any atom is 0.408 e. The number of rotatable bonds is 9. The third kappa shape index (κ3) is 8.11. The van der Waals surface area contributed by atoms with Gasteiger partial charge in [-0.1, -0.05) is 37.6 Å². The van der Waals surface area contributed by atoms with Gasteiger partial charge in [-0.15, -0.1) is 0 Å². The van der Waals surface area contributed by atoms with E-state index < -0.39 is 23.6 Å². The Balaban J connectivity index is 3.10. The Bertz CT molecular complexity index is 780. The molecule has 0 radical (unpaired) electrons. The molecule has 0 saturated heterocycles. The summed E-state index contributed by atoms with van der Waals surface area (Å²) in [5, 5.41) is 14.5. The Morgan fingerprint density at radius 3 is 2.43 bits per heavy atom. The molecule has 2 N–H and O–H groups in total. The first-order chi connectivity index (χ1) is 14.1. The molecule has 0 spiro atoms. The first kappa shape index (κ1) is 25.0. The molecular formula is C22H32N4O4. The van der Waals surface area contributed by atoms with Crippen LogP contribution in [0.5, 0.6) is 0 Å². The largest absolute Gasteiger partial charge is 0.444 e. The highest BCUT2D eigenvalue weighted by molar-refractivity contribution is 5.90. The number of hydrogen-bond donors (Lipinski definition) is 2. The van der Waals surface area contributed by atoms with Gasteiger partial charge in [0.25, 0.3) is 0 Å². The molecule has 0 aromatic heterocycles. The number of nitrogens with one attached hydrogen (secondary N) is 2. The third-order valence-electron chi connectivity index (χ3n) is 4.22. The molecule has 8 heteroatoms. The van der Waals surface area contributed by atoms with Crippen molar-refractivity contribution in [3.8, 4) is 6.07 Å². The van der Waals surface area contributed by atoms with Crippen LogP contribution < -0.4 is 10.6 Å². The molecule has 0 aliphatic heterocycles. The first-order valence-corrected chi connectivity index (χ1v) is 10.1. The van der Waals surface area contributed by atoms with Gasteiger partial charge in [-0.2, -0.15) is 5.26 Å². The van der Waals surface area contributed by atoms with Crippen molar-refractivity contribution in [3.05, 3.63) is 35.4 Å². The van der Waals surface area contributed by atoms with Crippen LogP contribution in [-0.4, -0.2) is 48.0 Å². The Labute approximate surface area is 178 Å². The van der Waals surface area contributed by atoms with Crippen LogP contribution in [0, 0.1) is 18.3 Å². The lowest BCUT2D eigenvalue weighted by Gasteiger charge is -2.30. The molecule has 1 aromatic carbocycles. The van der Waals surface area contributed by atoms with E-state index in [4.69, 9.17) is 4.74 Å². The van der Waals surface area contributed by atoms with Gasteiger partial charge in [0.15, 0.2) is 0 Å². The molecule has 0 bridgehead atoms. The van der Waals surface area contributed by atoms with E-state index in [0.717, 1.165) is 18.4 Å². The van der Waals surface area contributed by atoms with E-state index in [-0.39, 0.29) is 19.0 Å². The fourth-order valence-electron chi connectivity index (χ4n) is 2.79. The molecule has 3 amide bonds. The summed E-state index contributed by atoms with van der Waals surface area (Å²) in [7, 11) is 0. The van der Waals surface area contributed by atoms with Crippen LogP contribution in [0.15, 0.2) is 24.3 Å². The lowest BCUT2D eigenvalue weighted by atomic mass is 9.98. The number of ether oxygens (including phenoxy) is 1. The zero-order valence-corrected chi connectivity index (χ0v) is 18.4. The van der Waals surface area contributed by atoms with Crippen molar-refractivity contribution >= 4 is 17.9 Å². The number of amides is 3. The second-order valence-corrected chi connectivity index (χ2v) is 7.94. The normalized spacial score (nSPS) is 11.7. The highest BCUT2D eigenvalue weighted by Crippen LogP contribution is 2.24. The van der Waals surface area contributed by atoms with Crippen molar-refractivity contribution < 1.29 is 19.1 Å². The molecule has 0 heterocycles. The van der Waals surface area contributed by atoms with Crippen molar-refractivity contribution in [2.24, 2.45) is 0 Å². The lowest BCUT2D eigenvalue weighted by molar-refractivity contribution is -0.139. The zero-order chi connectivity index (χ0) is 22.7. The standard InChI is InChI=1S/C22H32N4O4/c1-6-7-13-24-20(28)19(17-11-9-8-10-16(17)2)26(14-12-23)18(27)15-25-21(29)30-22(3,4)5/h8-11,19H,6-7,13-15H2,1-5H3,(H,24,28)(H,25,29). The Hall–Kier alpha value is -3.08. The van der Waals surface area contributed by atoms with Gasteiger partial charge in [0.05, 0.1) is 6.07 Å². The summed E-state index contributed by atoms with van der Waals surface area (Å²) >= 11 is 0. The van der Waals surface area contributed by atoms with Gasteiger partial charge >= 0.3 is 6.09 Å². The van der Waals surface area contributed by atoms with Gasteiger partial charge < -0.3 is 20.3 Å². The molecule has 0 saturated carbocycles. The summed E-state index contributed by atoms with van der Waals surface area (Å²) in [5.41, 5.74) is 0.749. The predicted octanol–water partition coefficient (Wildman–Crippen LogP) is 2.83. The highest BCUT2D eigenvalue weighted by Gasteiger charge is 2.32. The Kier molecular flexibility index (Phi) is 9.82. The van der Waals surface area contributed by atoms with E-state index in [1.165, 1.54) is 4.90 Å². The minimum atomic E-state index is -0.976. The number of alkyl carbamates (subject to hydrolysis) is 1. The topological polar surface area (TPSA) is 112 Å². The molecule has 0 aliphatic carbocycles. The molecule has 1 aromatic rings. The van der Waals surface area contributed by atoms with Crippen molar-refractivity contribution in [2.75, 3.05) is 19.6 Å². The predicted molar refractivity (Wildman–Crippen MR) is 113 cm³/mol. The summed E-state index contributed by atoms with van der Waals surface area (Å²) in [6.07, 6.45) is 0.974. The molecule has 0 fully saturated rings. The van der Waals surface area contributed by atoms with Gasteiger partial charge in [0, 0.05) is 6.54 Å². The van der Waals surface area contributed by atoms with Gasteiger partial charge in [0.2, 0.25) is 11.8 Å². The molecule has 1 atom stereocenters. The highest BCUT2D eigenvalue weighted by atomic mass is 16.6. The SMILES string of the molecule is CCCCNC(=O)C(c1ccccc1C)N(CC#N)C(=O)CNC(=O)OC(C)(C)C. The minimum absolute atomic E-state index is 0.297. The van der Waals surface area contributed by atoms with Crippen LogP contribution in [-0.2, 0) is 14.3 Å². The smallest absolute Gasteiger partial charge is 0.408 e. The number of carbonyl (C=O) groups excluding carboxylic acids is 3. The molecule has 164 valence electrons. The number of unbranched alkanes of at least 4 members (excludes halogenated alkanes) is 1. The average Bonchev–Trinajstić information content (AvgIpc) is 2.66. The number of aryl methyl sites for hydroxylation is 1. The maximum atomic E-state index is 13.0. The maximum absolute atomic E-state index is 13.0. The van der Waals surface area contributed by atoms with Crippen molar-refractivity contribution in [2.45, 2.75) is 59.1 Å². The number of benzene rings is 1. The monoisotopic (exact) mass is 416 g/mol. The van der Waals surface area contributed by atoms with E-state index >= 15 is 0 Å². The average molecular weight is 417 g/mol. The fraction of sp³-hybridized carbons (Fsp3) is 0.545. The van der Waals surface area contributed by atoms with E-state index in [9.17, 15) is 19.6 Å². The molecule has 8 nitrogen and oxygen atoms in total. The minimum Gasteiger partial charge on any atom is -0.444 e. The quantitative estimate of drug-likeness (QED) is 0.475. The summed E-state index contributed by atoms with van der Waals surface area (Å²) in [4.78, 5) is 39.0. The van der Waals surface area contributed by atoms with Crippen molar-refractivity contribution in [1.82, 2.24) is 15.5 Å². The number of hydrogen-bond acceptors (Lipinski definition) is 5. The third-order valence-corrected chi connectivity index (χ3v) is 4.22. The van der Waals surface area contributed by atoms with Gasteiger partial charge in [-0.3, -0.25) is 9.59 Å². The second-order valence-electron chi connectivity index (χ2n) is 7.94. The van der Waals surface area contributed by atoms with Crippen LogP contribution in [0.1, 0.15) is 57.7 Å². The molecular weight excluding hydrogens is 384 g/mol. The van der Waals surface area contributed by atoms with E-state index in [0.29, 0.717) is 12.1 Å². The van der Waals surface area contributed by atoms with E-state index in [2.05, 4.69) is 10.6 Å².